The van der Waals surface area contributed by atoms with Gasteiger partial charge in [0.25, 0.3) is 5.91 Å². The van der Waals surface area contributed by atoms with Gasteiger partial charge in [-0.2, -0.15) is 0 Å². The molecule has 8 nitrogen and oxygen atoms in total. The van der Waals surface area contributed by atoms with Crippen molar-refractivity contribution in [2.45, 2.75) is 38.8 Å². The quantitative estimate of drug-likeness (QED) is 0.811. The number of imidazole rings is 1. The van der Waals surface area contributed by atoms with E-state index in [2.05, 4.69) is 9.97 Å². The van der Waals surface area contributed by atoms with Crippen molar-refractivity contribution in [3.63, 3.8) is 0 Å². The smallest absolute Gasteiger partial charge is 0.336 e. The zero-order valence-corrected chi connectivity index (χ0v) is 15.3. The second kappa shape index (κ2) is 5.65. The Kier molecular flexibility index (Phi) is 3.93. The molecule has 1 radical (unpaired) electrons. The van der Waals surface area contributed by atoms with Crippen LogP contribution in [0.4, 0.5) is 0 Å². The molecule has 3 N–H and O–H groups in total. The summed E-state index contributed by atoms with van der Waals surface area (Å²) in [4.78, 5) is 31.7. The predicted molar refractivity (Wildman–Crippen MR) is 94.2 cm³/mol. The summed E-state index contributed by atoms with van der Waals surface area (Å²) in [5.74, 6) is -0.857. The number of primary amides is 1. The van der Waals surface area contributed by atoms with E-state index in [4.69, 9.17) is 10.5 Å². The number of carbonyl (C=O) groups excluding carboxylic acids is 2. The highest BCUT2D eigenvalue weighted by molar-refractivity contribution is 6.06. The number of amides is 1. The fourth-order valence-electron chi connectivity index (χ4n) is 3.73. The zero-order chi connectivity index (χ0) is 19.4. The van der Waals surface area contributed by atoms with E-state index in [1.807, 2.05) is 0 Å². The maximum absolute atomic E-state index is 12.9. The van der Waals surface area contributed by atoms with Gasteiger partial charge in [0.2, 0.25) is 0 Å². The van der Waals surface area contributed by atoms with Gasteiger partial charge in [0, 0.05) is 5.57 Å². The van der Waals surface area contributed by atoms with Crippen LogP contribution in [0.15, 0.2) is 23.8 Å². The Morgan fingerprint density at radius 3 is 2.42 bits per heavy atom. The first-order chi connectivity index (χ1) is 12.0. The van der Waals surface area contributed by atoms with Gasteiger partial charge >= 0.3 is 5.97 Å². The monoisotopic (exact) mass is 357 g/mol. The number of ether oxygens (including phenoxy) is 1. The molecule has 26 heavy (non-hydrogen) atoms. The van der Waals surface area contributed by atoms with E-state index in [0.29, 0.717) is 22.4 Å². The third kappa shape index (κ3) is 2.33. The van der Waals surface area contributed by atoms with E-state index >= 15 is 0 Å². The van der Waals surface area contributed by atoms with Crippen molar-refractivity contribution in [2.24, 2.45) is 5.73 Å². The maximum atomic E-state index is 12.9. The van der Waals surface area contributed by atoms with Gasteiger partial charge in [0.05, 0.1) is 34.8 Å². The molecule has 1 aromatic carbocycles. The van der Waals surface area contributed by atoms with Crippen LogP contribution < -0.4 is 5.73 Å². The molecule has 0 unspecified atom stereocenters. The number of nitrogens with two attached hydrogens (primary N) is 1. The van der Waals surface area contributed by atoms with Gasteiger partial charge in [0.15, 0.2) is 0 Å². The number of para-hydroxylation sites is 1. The number of carbonyl (C=O) groups is 2. The number of hydrogen-bond donors (Lipinski definition) is 2. The molecule has 2 aromatic rings. The van der Waals surface area contributed by atoms with Crippen LogP contribution in [0.3, 0.4) is 0 Å². The summed E-state index contributed by atoms with van der Waals surface area (Å²) in [7, 11) is 1.27. The highest BCUT2D eigenvalue weighted by atomic mass is 16.5. The second-order valence-electron chi connectivity index (χ2n) is 7.31. The number of esters is 1. The summed E-state index contributed by atoms with van der Waals surface area (Å²) in [6, 6.07) is 5.01. The molecule has 0 saturated heterocycles. The summed E-state index contributed by atoms with van der Waals surface area (Å²) < 4.78 is 4.92. The van der Waals surface area contributed by atoms with Crippen molar-refractivity contribution in [2.75, 3.05) is 7.11 Å². The van der Waals surface area contributed by atoms with E-state index in [0.717, 1.165) is 5.06 Å². The fraction of sp³-hybridized carbons (Fsp3) is 0.389. The lowest BCUT2D eigenvalue weighted by atomic mass is 9.90. The molecule has 0 atom stereocenters. The first-order valence-electron chi connectivity index (χ1n) is 8.13. The largest absolute Gasteiger partial charge is 0.466 e. The fourth-order valence-corrected chi connectivity index (χ4v) is 3.73. The highest BCUT2D eigenvalue weighted by Crippen LogP contribution is 2.48. The van der Waals surface area contributed by atoms with Crippen LogP contribution in [0.1, 0.15) is 43.9 Å². The summed E-state index contributed by atoms with van der Waals surface area (Å²) in [5.41, 5.74) is 5.21. The Balaban J connectivity index is 2.35. The average Bonchev–Trinajstić information content (AvgIpc) is 3.05. The van der Waals surface area contributed by atoms with E-state index in [9.17, 15) is 14.8 Å². The van der Waals surface area contributed by atoms with Gasteiger partial charge in [-0.3, -0.25) is 4.79 Å². The van der Waals surface area contributed by atoms with Gasteiger partial charge in [-0.15, -0.1) is 10.3 Å². The molecule has 0 saturated carbocycles. The zero-order valence-electron chi connectivity index (χ0n) is 15.3. The molecule has 1 aliphatic rings. The molecule has 0 spiro atoms. The van der Waals surface area contributed by atoms with Gasteiger partial charge in [-0.05, 0) is 39.8 Å². The summed E-state index contributed by atoms with van der Waals surface area (Å²) in [6.45, 7) is 6.77. The number of aromatic amines is 1. The van der Waals surface area contributed by atoms with Crippen LogP contribution in [0.25, 0.3) is 16.6 Å². The van der Waals surface area contributed by atoms with Crippen LogP contribution in [0.5, 0.6) is 0 Å². The topological polar surface area (TPSA) is 121 Å². The Labute approximate surface area is 150 Å². The molecule has 2 heterocycles. The van der Waals surface area contributed by atoms with Crippen molar-refractivity contribution in [1.82, 2.24) is 15.0 Å². The number of rotatable bonds is 3. The van der Waals surface area contributed by atoms with E-state index in [1.165, 1.54) is 7.11 Å². The summed E-state index contributed by atoms with van der Waals surface area (Å²) in [6.07, 6.45) is 0. The van der Waals surface area contributed by atoms with Crippen LogP contribution in [0, 0.1) is 0 Å². The van der Waals surface area contributed by atoms with Crippen LogP contribution in [-0.2, 0) is 14.7 Å². The molecule has 1 aliphatic heterocycles. The van der Waals surface area contributed by atoms with Crippen molar-refractivity contribution >= 4 is 28.5 Å². The Hall–Kier alpha value is -2.71. The van der Waals surface area contributed by atoms with Crippen molar-refractivity contribution in [3.8, 4) is 0 Å². The minimum atomic E-state index is -1.10. The van der Waals surface area contributed by atoms with Gasteiger partial charge in [0.1, 0.15) is 11.3 Å². The second-order valence-corrected chi connectivity index (χ2v) is 7.31. The Bertz CT molecular complexity index is 955. The van der Waals surface area contributed by atoms with Gasteiger partial charge in [-0.25, -0.2) is 9.78 Å². The minimum Gasteiger partial charge on any atom is -0.466 e. The van der Waals surface area contributed by atoms with E-state index in [-0.39, 0.29) is 11.1 Å². The molecule has 8 heteroatoms. The normalized spacial score (nSPS) is 19.2. The maximum Gasteiger partial charge on any atom is 0.336 e. The first kappa shape index (κ1) is 18.1. The van der Waals surface area contributed by atoms with Crippen LogP contribution in [0.2, 0.25) is 0 Å². The molecule has 0 fully saturated rings. The molecule has 1 amide bonds. The summed E-state index contributed by atoms with van der Waals surface area (Å²) >= 11 is 0. The van der Waals surface area contributed by atoms with Gasteiger partial charge < -0.3 is 15.5 Å². The average molecular weight is 357 g/mol. The lowest BCUT2D eigenvalue weighted by Gasteiger charge is -2.33. The predicted octanol–water partition coefficient (Wildman–Crippen LogP) is 1.81. The third-order valence-electron chi connectivity index (χ3n) is 4.89. The molecule has 0 bridgehead atoms. The van der Waals surface area contributed by atoms with E-state index < -0.39 is 23.0 Å². The van der Waals surface area contributed by atoms with Crippen molar-refractivity contribution in [3.05, 3.63) is 35.2 Å². The highest BCUT2D eigenvalue weighted by Gasteiger charge is 2.55. The number of fused-ring (bicyclic) bond motifs is 1. The molecule has 137 valence electrons. The van der Waals surface area contributed by atoms with E-state index in [1.54, 1.807) is 45.9 Å². The molecule has 3 rings (SSSR count). The lowest BCUT2D eigenvalue weighted by molar-refractivity contribution is -0.237. The summed E-state index contributed by atoms with van der Waals surface area (Å²) in [5, 5.41) is 13.8. The molecular formula is C18H21N4O4. The Morgan fingerprint density at radius 1 is 1.19 bits per heavy atom. The number of methoxy groups -OCH3 is 1. The number of benzene rings is 1. The molecule has 0 aliphatic carbocycles. The first-order valence-corrected chi connectivity index (χ1v) is 8.13. The minimum absolute atomic E-state index is 0.236. The standard InChI is InChI=1S/C18H21N4O4/c1-17(2)11(12(16(24)26-5)18(3,4)22(17)25)15-20-10-8-6-7-9(14(19)23)13(10)21-15/h6-8H,1-5H3,(H2,19,23)(H,20,21). The molecule has 1 aromatic heterocycles. The number of hydroxylamine groups is 2. The van der Waals surface area contributed by atoms with Crippen LogP contribution >= 0.6 is 0 Å². The van der Waals surface area contributed by atoms with Crippen molar-refractivity contribution < 1.29 is 19.5 Å². The van der Waals surface area contributed by atoms with Gasteiger partial charge in [-0.1, -0.05) is 6.07 Å². The third-order valence-corrected chi connectivity index (χ3v) is 4.89. The number of hydrogen-bond acceptors (Lipinski definition) is 5. The SMILES string of the molecule is COC(=O)C1=C(c2nc3c(C(N)=O)cccc3[nH]2)C(C)(C)N([O])C1(C)C. The number of H-pyrrole nitrogens is 1. The molecular weight excluding hydrogens is 336 g/mol. The van der Waals surface area contributed by atoms with Crippen LogP contribution in [-0.4, -0.2) is 45.1 Å². The number of nitrogens with zero attached hydrogens (tertiary/aromatic N) is 2. The lowest BCUT2D eigenvalue weighted by Crippen LogP contribution is -2.48. The van der Waals surface area contributed by atoms with Crippen molar-refractivity contribution in [1.29, 1.82) is 0 Å². The number of aromatic nitrogens is 2. The Morgan fingerprint density at radius 2 is 1.85 bits per heavy atom. The number of nitrogens with one attached hydrogen (secondary N) is 1.